The number of carbonyl (C=O) groups is 1. The second-order valence-corrected chi connectivity index (χ2v) is 10.6. The SMILES string of the molecule is COc1ccc2nccc(C(F)CC[C@@H]3CCN(CC#Cc4ccc(Cl)cc4Cl)C[C@@H]3CCC(=O)O)c2c1. The summed E-state index contributed by atoms with van der Waals surface area (Å²) in [6, 6.07) is 12.5. The van der Waals surface area contributed by atoms with Crippen molar-refractivity contribution in [3.05, 3.63) is 69.8 Å². The van der Waals surface area contributed by atoms with Crippen molar-refractivity contribution < 1.29 is 19.0 Å². The number of halogens is 3. The number of nitrogens with zero attached hydrogens (tertiary/aromatic N) is 2. The molecule has 1 aliphatic rings. The highest BCUT2D eigenvalue weighted by atomic mass is 35.5. The number of alkyl halides is 1. The molecule has 5 nitrogen and oxygen atoms in total. The summed E-state index contributed by atoms with van der Waals surface area (Å²) in [7, 11) is 1.59. The van der Waals surface area contributed by atoms with E-state index >= 15 is 4.39 Å². The van der Waals surface area contributed by atoms with Crippen LogP contribution in [0.3, 0.4) is 0 Å². The number of pyridine rings is 1. The zero-order chi connectivity index (χ0) is 27.1. The molecule has 0 amide bonds. The molecule has 0 spiro atoms. The van der Waals surface area contributed by atoms with Crippen molar-refractivity contribution in [3.8, 4) is 17.6 Å². The molecule has 0 radical (unpaired) electrons. The number of methoxy groups -OCH3 is 1. The fraction of sp³-hybridized carbons (Fsp3) is 0.400. The Kier molecular flexibility index (Phi) is 9.85. The van der Waals surface area contributed by atoms with Gasteiger partial charge < -0.3 is 9.84 Å². The van der Waals surface area contributed by atoms with Gasteiger partial charge in [-0.15, -0.1) is 0 Å². The topological polar surface area (TPSA) is 62.7 Å². The van der Waals surface area contributed by atoms with Crippen LogP contribution in [0.25, 0.3) is 10.9 Å². The number of ether oxygens (including phenoxy) is 1. The van der Waals surface area contributed by atoms with Crippen LogP contribution in [0.2, 0.25) is 10.0 Å². The molecule has 1 N–H and O–H groups in total. The van der Waals surface area contributed by atoms with Gasteiger partial charge in [-0.1, -0.05) is 35.0 Å². The van der Waals surface area contributed by atoms with Crippen LogP contribution in [0.5, 0.6) is 5.75 Å². The Labute approximate surface area is 232 Å². The van der Waals surface area contributed by atoms with E-state index in [9.17, 15) is 9.90 Å². The van der Waals surface area contributed by atoms with E-state index in [-0.39, 0.29) is 18.3 Å². The number of benzene rings is 2. The second kappa shape index (κ2) is 13.3. The lowest BCUT2D eigenvalue weighted by Gasteiger charge is -2.38. The fourth-order valence-corrected chi connectivity index (χ4v) is 5.67. The summed E-state index contributed by atoms with van der Waals surface area (Å²) in [6.45, 7) is 2.14. The maximum atomic E-state index is 15.5. The first kappa shape index (κ1) is 28.2. The molecule has 38 heavy (non-hydrogen) atoms. The predicted molar refractivity (Wildman–Crippen MR) is 150 cm³/mol. The van der Waals surface area contributed by atoms with Gasteiger partial charge >= 0.3 is 5.97 Å². The van der Waals surface area contributed by atoms with Gasteiger partial charge in [0.15, 0.2) is 0 Å². The number of carboxylic acid groups (broad SMARTS) is 1. The quantitative estimate of drug-likeness (QED) is 0.282. The second-order valence-electron chi connectivity index (χ2n) is 9.73. The van der Waals surface area contributed by atoms with E-state index in [2.05, 4.69) is 21.7 Å². The van der Waals surface area contributed by atoms with E-state index in [0.717, 1.165) is 36.0 Å². The number of hydrogen-bond acceptors (Lipinski definition) is 4. The molecular weight excluding hydrogens is 526 g/mol. The molecule has 2 aromatic carbocycles. The number of piperidine rings is 1. The first-order valence-corrected chi connectivity index (χ1v) is 13.5. The van der Waals surface area contributed by atoms with E-state index in [1.165, 1.54) is 0 Å². The smallest absolute Gasteiger partial charge is 0.303 e. The van der Waals surface area contributed by atoms with Gasteiger partial charge in [0.05, 0.1) is 24.2 Å². The minimum atomic E-state index is -1.14. The van der Waals surface area contributed by atoms with Crippen LogP contribution in [-0.2, 0) is 4.79 Å². The monoisotopic (exact) mass is 556 g/mol. The van der Waals surface area contributed by atoms with Crippen molar-refractivity contribution in [2.75, 3.05) is 26.7 Å². The third kappa shape index (κ3) is 7.38. The highest BCUT2D eigenvalue weighted by Gasteiger charge is 2.30. The Bertz CT molecular complexity index is 1340. The van der Waals surface area contributed by atoms with Crippen molar-refractivity contribution in [2.45, 2.75) is 38.3 Å². The number of carboxylic acids is 1. The van der Waals surface area contributed by atoms with Crippen molar-refractivity contribution in [1.29, 1.82) is 0 Å². The summed E-state index contributed by atoms with van der Waals surface area (Å²) >= 11 is 12.2. The third-order valence-corrected chi connectivity index (χ3v) is 7.82. The lowest BCUT2D eigenvalue weighted by Crippen LogP contribution is -2.41. The fourth-order valence-electron chi connectivity index (χ4n) is 5.22. The highest BCUT2D eigenvalue weighted by Crippen LogP contribution is 2.36. The highest BCUT2D eigenvalue weighted by molar-refractivity contribution is 6.35. The van der Waals surface area contributed by atoms with Crippen molar-refractivity contribution >= 4 is 40.1 Å². The summed E-state index contributed by atoms with van der Waals surface area (Å²) in [4.78, 5) is 17.9. The van der Waals surface area contributed by atoms with Gasteiger partial charge in [-0.05, 0) is 92.1 Å². The summed E-state index contributed by atoms with van der Waals surface area (Å²) in [6.07, 6.45) is 3.13. The number of fused-ring (bicyclic) bond motifs is 1. The molecule has 0 bridgehead atoms. The van der Waals surface area contributed by atoms with Gasteiger partial charge in [0, 0.05) is 35.1 Å². The van der Waals surface area contributed by atoms with Gasteiger partial charge in [0.25, 0.3) is 0 Å². The molecule has 2 heterocycles. The Morgan fingerprint density at radius 1 is 1.21 bits per heavy atom. The molecule has 1 aliphatic heterocycles. The Balaban J connectivity index is 1.40. The Morgan fingerprint density at radius 2 is 2.05 bits per heavy atom. The van der Waals surface area contributed by atoms with E-state index in [1.807, 2.05) is 18.2 Å². The molecule has 1 saturated heterocycles. The number of aliphatic carboxylic acids is 1. The lowest BCUT2D eigenvalue weighted by atomic mass is 9.79. The van der Waals surface area contributed by atoms with Crippen molar-refractivity contribution in [3.63, 3.8) is 0 Å². The van der Waals surface area contributed by atoms with E-state index < -0.39 is 12.1 Å². The average molecular weight is 557 g/mol. The van der Waals surface area contributed by atoms with Crippen LogP contribution >= 0.6 is 23.2 Å². The number of aromatic nitrogens is 1. The van der Waals surface area contributed by atoms with Gasteiger partial charge in [-0.3, -0.25) is 14.7 Å². The maximum absolute atomic E-state index is 15.5. The number of hydrogen-bond donors (Lipinski definition) is 1. The Hall–Kier alpha value is -2.85. The standard InChI is InChI=1S/C30H31Cl2FN2O3/c1-38-24-8-10-29-26(18-24)25(12-14-34-29)28(33)9-5-20-13-16-35(19-22(20)6-11-30(36)37)15-2-3-21-4-7-23(31)17-27(21)32/h4,7-8,10,12,14,17-18,20,22,28H,5-6,9,11,13,15-16,19H2,1H3,(H,36,37)/t20-,22+,28?/m1/s1. The van der Waals surface area contributed by atoms with Crippen molar-refractivity contribution in [2.24, 2.45) is 11.8 Å². The summed E-state index contributed by atoms with van der Waals surface area (Å²) < 4.78 is 20.9. The van der Waals surface area contributed by atoms with Crippen LogP contribution < -0.4 is 4.74 Å². The summed E-state index contributed by atoms with van der Waals surface area (Å²) in [5.41, 5.74) is 2.08. The molecule has 4 rings (SSSR count). The summed E-state index contributed by atoms with van der Waals surface area (Å²) in [5, 5.41) is 11.1. The van der Waals surface area contributed by atoms with Gasteiger partial charge in [0.2, 0.25) is 0 Å². The van der Waals surface area contributed by atoms with Crippen LogP contribution in [-0.4, -0.2) is 47.7 Å². The molecule has 8 heteroatoms. The van der Waals surface area contributed by atoms with Gasteiger partial charge in [-0.2, -0.15) is 0 Å². The van der Waals surface area contributed by atoms with E-state index in [1.54, 1.807) is 37.6 Å². The average Bonchev–Trinajstić information content (AvgIpc) is 2.91. The minimum absolute atomic E-state index is 0.106. The molecule has 1 unspecified atom stereocenters. The van der Waals surface area contributed by atoms with Gasteiger partial charge in [0.1, 0.15) is 11.9 Å². The van der Waals surface area contributed by atoms with E-state index in [0.29, 0.717) is 47.2 Å². The molecule has 0 aliphatic carbocycles. The molecule has 1 aromatic heterocycles. The summed E-state index contributed by atoms with van der Waals surface area (Å²) in [5.74, 6) is 6.58. The number of rotatable bonds is 9. The zero-order valence-corrected chi connectivity index (χ0v) is 22.8. The molecule has 1 fully saturated rings. The van der Waals surface area contributed by atoms with E-state index in [4.69, 9.17) is 27.9 Å². The molecular formula is C30H31Cl2FN2O3. The first-order valence-electron chi connectivity index (χ1n) is 12.8. The maximum Gasteiger partial charge on any atom is 0.303 e. The Morgan fingerprint density at radius 3 is 2.82 bits per heavy atom. The lowest BCUT2D eigenvalue weighted by molar-refractivity contribution is -0.137. The van der Waals surface area contributed by atoms with Gasteiger partial charge in [-0.25, -0.2) is 4.39 Å². The van der Waals surface area contributed by atoms with Crippen LogP contribution in [0.1, 0.15) is 49.4 Å². The minimum Gasteiger partial charge on any atom is -0.497 e. The first-order chi connectivity index (χ1) is 18.3. The van der Waals surface area contributed by atoms with Crippen molar-refractivity contribution in [1.82, 2.24) is 9.88 Å². The zero-order valence-electron chi connectivity index (χ0n) is 21.3. The largest absolute Gasteiger partial charge is 0.497 e. The predicted octanol–water partition coefficient (Wildman–Crippen LogP) is 7.20. The molecule has 3 aromatic rings. The molecule has 0 saturated carbocycles. The van der Waals surface area contributed by atoms with Crippen LogP contribution in [0.15, 0.2) is 48.7 Å². The van der Waals surface area contributed by atoms with Crippen LogP contribution in [0.4, 0.5) is 4.39 Å². The van der Waals surface area contributed by atoms with Crippen LogP contribution in [0, 0.1) is 23.7 Å². The third-order valence-electron chi connectivity index (χ3n) is 7.27. The number of likely N-dealkylation sites (tertiary alicyclic amines) is 1. The molecule has 3 atom stereocenters. The molecule has 200 valence electrons. The normalized spacial score (nSPS) is 18.5.